The lowest BCUT2D eigenvalue weighted by Crippen LogP contribution is -2.46. The van der Waals surface area contributed by atoms with Gasteiger partial charge < -0.3 is 0 Å². The second-order valence-electron chi connectivity index (χ2n) is 4.74. The molecule has 0 radical (unpaired) electrons. The van der Waals surface area contributed by atoms with Crippen LogP contribution < -0.4 is 0 Å². The lowest BCUT2D eigenvalue weighted by atomic mass is 9.63. The third-order valence-electron chi connectivity index (χ3n) is 3.73. The van der Waals surface area contributed by atoms with Gasteiger partial charge in [0.1, 0.15) is 0 Å². The predicted molar refractivity (Wildman–Crippen MR) is 48.0 cm³/mol. The van der Waals surface area contributed by atoms with Gasteiger partial charge in [-0.15, -0.1) is 0 Å². The van der Waals surface area contributed by atoms with Crippen LogP contribution in [0.3, 0.4) is 0 Å². The van der Waals surface area contributed by atoms with Crippen LogP contribution in [-0.4, -0.2) is 30.7 Å². The summed E-state index contributed by atoms with van der Waals surface area (Å²) >= 11 is 0. The lowest BCUT2D eigenvalue weighted by Gasteiger charge is -2.48. The smallest absolute Gasteiger partial charge is 0.295 e. The quantitative estimate of drug-likeness (QED) is 0.639. The molecule has 4 heteroatoms. The van der Waals surface area contributed by atoms with Crippen molar-refractivity contribution in [3.8, 4) is 0 Å². The van der Waals surface area contributed by atoms with Gasteiger partial charge in [-0.1, -0.05) is 6.42 Å². The first-order chi connectivity index (χ1) is 6.49. The third-order valence-corrected chi connectivity index (χ3v) is 3.73. The number of likely N-dealkylation sites (tertiary alicyclic amines) is 1. The molecule has 1 spiro atoms. The van der Waals surface area contributed by atoms with E-state index in [1.54, 1.807) is 4.90 Å². The van der Waals surface area contributed by atoms with Gasteiger partial charge in [0.2, 0.25) is 0 Å². The maximum atomic E-state index is 12.1. The monoisotopic (exact) mass is 207 g/mol. The molecule has 0 bridgehead atoms. The fourth-order valence-electron chi connectivity index (χ4n) is 2.62. The van der Waals surface area contributed by atoms with Crippen molar-refractivity contribution in [2.24, 2.45) is 5.41 Å². The van der Waals surface area contributed by atoms with Gasteiger partial charge in [-0.3, -0.25) is 4.90 Å². The Bertz CT molecular complexity index is 198. The largest absolute Gasteiger partial charge is 0.401 e. The number of nitrogens with zero attached hydrogens (tertiary/aromatic N) is 1. The molecule has 1 saturated carbocycles. The van der Waals surface area contributed by atoms with E-state index in [9.17, 15) is 13.2 Å². The highest BCUT2D eigenvalue weighted by atomic mass is 19.4. The molecule has 2 rings (SSSR count). The van der Waals surface area contributed by atoms with Crippen molar-refractivity contribution in [3.05, 3.63) is 0 Å². The Hall–Kier alpha value is -0.250. The number of hydrogen-bond acceptors (Lipinski definition) is 1. The third kappa shape index (κ3) is 2.22. The molecule has 0 aromatic heterocycles. The molecule has 1 nitrogen and oxygen atoms in total. The molecule has 82 valence electrons. The van der Waals surface area contributed by atoms with E-state index in [-0.39, 0.29) is 0 Å². The molecular formula is C10H16F3N. The molecule has 1 saturated heterocycles. The summed E-state index contributed by atoms with van der Waals surface area (Å²) in [7, 11) is 0. The Morgan fingerprint density at radius 3 is 1.93 bits per heavy atom. The van der Waals surface area contributed by atoms with Crippen molar-refractivity contribution in [3.63, 3.8) is 0 Å². The van der Waals surface area contributed by atoms with Gasteiger partial charge in [0.15, 0.2) is 0 Å². The molecule has 1 aliphatic heterocycles. The first kappa shape index (κ1) is 10.3. The topological polar surface area (TPSA) is 3.24 Å². The fraction of sp³-hybridized carbons (Fsp3) is 1.00. The molecule has 0 aromatic carbocycles. The average molecular weight is 207 g/mol. The van der Waals surface area contributed by atoms with Crippen LogP contribution in [0, 0.1) is 5.41 Å². The molecule has 1 aliphatic carbocycles. The normalized spacial score (nSPS) is 27.6. The standard InChI is InChI=1S/C10H16F3N/c11-10(12,13)8-14-6-4-9(5-7-14)2-1-3-9/h1-8H2. The summed E-state index contributed by atoms with van der Waals surface area (Å²) in [6, 6.07) is 0. The number of piperidine rings is 1. The molecule has 0 atom stereocenters. The highest BCUT2D eigenvalue weighted by Gasteiger charge is 2.41. The first-order valence-corrected chi connectivity index (χ1v) is 5.28. The summed E-state index contributed by atoms with van der Waals surface area (Å²) in [5.41, 5.74) is 0.447. The summed E-state index contributed by atoms with van der Waals surface area (Å²) in [5, 5.41) is 0. The van der Waals surface area contributed by atoms with Crippen LogP contribution >= 0.6 is 0 Å². The summed E-state index contributed by atoms with van der Waals surface area (Å²) in [6.07, 6.45) is 1.69. The second-order valence-corrected chi connectivity index (χ2v) is 4.74. The van der Waals surface area contributed by atoms with Gasteiger partial charge >= 0.3 is 6.18 Å². The van der Waals surface area contributed by atoms with E-state index in [1.165, 1.54) is 19.3 Å². The predicted octanol–water partition coefficient (Wildman–Crippen LogP) is 2.81. The van der Waals surface area contributed by atoms with Crippen LogP contribution in [-0.2, 0) is 0 Å². The van der Waals surface area contributed by atoms with Gasteiger partial charge in [0.25, 0.3) is 0 Å². The van der Waals surface area contributed by atoms with E-state index >= 15 is 0 Å². The first-order valence-electron chi connectivity index (χ1n) is 5.28. The van der Waals surface area contributed by atoms with Crippen LogP contribution in [0.1, 0.15) is 32.1 Å². The van der Waals surface area contributed by atoms with Crippen LogP contribution in [0.2, 0.25) is 0 Å². The van der Waals surface area contributed by atoms with Crippen molar-refractivity contribution in [2.75, 3.05) is 19.6 Å². The molecule has 2 aliphatic rings. The average Bonchev–Trinajstić information content (AvgIpc) is 2.00. The zero-order chi connectivity index (χ0) is 10.2. The molecule has 2 fully saturated rings. The zero-order valence-electron chi connectivity index (χ0n) is 8.24. The van der Waals surface area contributed by atoms with Crippen LogP contribution in [0.4, 0.5) is 13.2 Å². The molecule has 0 aromatic rings. The molecule has 0 unspecified atom stereocenters. The molecular weight excluding hydrogens is 191 g/mol. The van der Waals surface area contributed by atoms with E-state index in [1.807, 2.05) is 0 Å². The van der Waals surface area contributed by atoms with E-state index in [0.29, 0.717) is 18.5 Å². The van der Waals surface area contributed by atoms with E-state index in [4.69, 9.17) is 0 Å². The van der Waals surface area contributed by atoms with Crippen LogP contribution in [0.15, 0.2) is 0 Å². The van der Waals surface area contributed by atoms with Gasteiger partial charge in [0, 0.05) is 0 Å². The SMILES string of the molecule is FC(F)(F)CN1CCC2(CCC2)CC1. The summed E-state index contributed by atoms with van der Waals surface area (Å²) in [6.45, 7) is 0.558. The molecule has 0 amide bonds. The van der Waals surface area contributed by atoms with E-state index in [0.717, 1.165) is 12.8 Å². The summed E-state index contributed by atoms with van der Waals surface area (Å²) in [5.74, 6) is 0. The van der Waals surface area contributed by atoms with E-state index in [2.05, 4.69) is 0 Å². The maximum absolute atomic E-state index is 12.1. The maximum Gasteiger partial charge on any atom is 0.401 e. The van der Waals surface area contributed by atoms with Crippen LogP contribution in [0.25, 0.3) is 0 Å². The minimum absolute atomic E-state index is 0.447. The Morgan fingerprint density at radius 1 is 1.00 bits per heavy atom. The molecule has 14 heavy (non-hydrogen) atoms. The summed E-state index contributed by atoms with van der Waals surface area (Å²) in [4.78, 5) is 1.55. The van der Waals surface area contributed by atoms with Gasteiger partial charge in [-0.05, 0) is 44.2 Å². The van der Waals surface area contributed by atoms with Crippen molar-refractivity contribution < 1.29 is 13.2 Å². The Balaban J connectivity index is 1.78. The fourth-order valence-corrected chi connectivity index (χ4v) is 2.62. The second kappa shape index (κ2) is 3.40. The Labute approximate surface area is 82.3 Å². The van der Waals surface area contributed by atoms with Crippen molar-refractivity contribution in [2.45, 2.75) is 38.3 Å². The van der Waals surface area contributed by atoms with Crippen molar-refractivity contribution >= 4 is 0 Å². The minimum atomic E-state index is -4.02. The van der Waals surface area contributed by atoms with Gasteiger partial charge in [0.05, 0.1) is 6.54 Å². The zero-order valence-corrected chi connectivity index (χ0v) is 8.24. The number of halogens is 3. The Morgan fingerprint density at radius 2 is 1.57 bits per heavy atom. The molecule has 0 N–H and O–H groups in total. The summed E-state index contributed by atoms with van der Waals surface area (Å²) < 4.78 is 36.3. The highest BCUT2D eigenvalue weighted by Crippen LogP contribution is 2.48. The minimum Gasteiger partial charge on any atom is -0.295 e. The lowest BCUT2D eigenvalue weighted by molar-refractivity contribution is -0.152. The highest BCUT2D eigenvalue weighted by molar-refractivity contribution is 4.92. The van der Waals surface area contributed by atoms with Crippen LogP contribution in [0.5, 0.6) is 0 Å². The number of hydrogen-bond donors (Lipinski definition) is 0. The van der Waals surface area contributed by atoms with E-state index < -0.39 is 12.7 Å². The van der Waals surface area contributed by atoms with Crippen molar-refractivity contribution in [1.82, 2.24) is 4.90 Å². The number of rotatable bonds is 1. The van der Waals surface area contributed by atoms with Gasteiger partial charge in [-0.25, -0.2) is 0 Å². The molecule has 1 heterocycles. The number of alkyl halides is 3. The van der Waals surface area contributed by atoms with Gasteiger partial charge in [-0.2, -0.15) is 13.2 Å². The Kier molecular flexibility index (Phi) is 2.50. The van der Waals surface area contributed by atoms with Crippen molar-refractivity contribution in [1.29, 1.82) is 0 Å².